The van der Waals surface area contributed by atoms with Crippen molar-refractivity contribution in [2.75, 3.05) is 18.4 Å². The minimum atomic E-state index is -3.45. The Morgan fingerprint density at radius 3 is 2.41 bits per heavy atom. The highest BCUT2D eigenvalue weighted by molar-refractivity contribution is 7.89. The van der Waals surface area contributed by atoms with Gasteiger partial charge in [-0.15, -0.1) is 11.3 Å². The van der Waals surface area contributed by atoms with Crippen LogP contribution in [0.1, 0.15) is 36.1 Å². The number of anilines is 1. The number of hydrogen-bond acceptors (Lipinski definition) is 5. The molecule has 8 heteroatoms. The molecule has 1 N–H and O–H groups in total. The monoisotopic (exact) mass is 405 g/mol. The molecule has 1 aromatic carbocycles. The molecule has 1 aliphatic heterocycles. The molecule has 0 saturated carbocycles. The van der Waals surface area contributed by atoms with Crippen molar-refractivity contribution in [1.82, 2.24) is 9.29 Å². The third kappa shape index (κ3) is 5.24. The van der Waals surface area contributed by atoms with E-state index in [0.29, 0.717) is 23.1 Å². The van der Waals surface area contributed by atoms with Crippen molar-refractivity contribution in [3.8, 4) is 0 Å². The van der Waals surface area contributed by atoms with Gasteiger partial charge in [0.1, 0.15) is 0 Å². The van der Waals surface area contributed by atoms with E-state index in [1.165, 1.54) is 17.4 Å². The predicted octanol–water partition coefficient (Wildman–Crippen LogP) is 3.67. The molecule has 0 atom stereocenters. The number of nitrogens with one attached hydrogen (secondary N) is 1. The van der Waals surface area contributed by atoms with Crippen molar-refractivity contribution in [3.05, 3.63) is 47.0 Å². The molecule has 0 spiro atoms. The highest BCUT2D eigenvalue weighted by Gasteiger charge is 2.24. The maximum Gasteiger partial charge on any atom is 0.250 e. The number of amides is 1. The molecular weight excluding hydrogens is 382 g/mol. The Kier molecular flexibility index (Phi) is 6.41. The number of sulfonamides is 1. The van der Waals surface area contributed by atoms with Crippen molar-refractivity contribution in [1.29, 1.82) is 0 Å². The lowest BCUT2D eigenvalue weighted by Gasteiger charge is -2.19. The maximum atomic E-state index is 12.8. The van der Waals surface area contributed by atoms with E-state index in [4.69, 9.17) is 0 Å². The van der Waals surface area contributed by atoms with Crippen molar-refractivity contribution < 1.29 is 13.2 Å². The number of carbonyl (C=O) groups is 1. The molecule has 144 valence electrons. The van der Waals surface area contributed by atoms with Crippen LogP contribution in [0.25, 0.3) is 6.08 Å². The van der Waals surface area contributed by atoms with Crippen LogP contribution in [0, 0.1) is 6.92 Å². The van der Waals surface area contributed by atoms with Crippen LogP contribution >= 0.6 is 11.3 Å². The van der Waals surface area contributed by atoms with Crippen LogP contribution in [0.5, 0.6) is 0 Å². The quantitative estimate of drug-likeness (QED) is 0.770. The van der Waals surface area contributed by atoms with Crippen molar-refractivity contribution in [2.24, 2.45) is 0 Å². The molecule has 27 heavy (non-hydrogen) atoms. The summed E-state index contributed by atoms with van der Waals surface area (Å²) in [7, 11) is -3.45. The average Bonchev–Trinajstić information content (AvgIpc) is 2.88. The number of aromatic nitrogens is 1. The van der Waals surface area contributed by atoms with Gasteiger partial charge in [-0.05, 0) is 43.5 Å². The average molecular weight is 406 g/mol. The molecule has 0 unspecified atom stereocenters. The van der Waals surface area contributed by atoms with E-state index in [1.54, 1.807) is 40.8 Å². The first-order valence-electron chi connectivity index (χ1n) is 8.97. The van der Waals surface area contributed by atoms with E-state index >= 15 is 0 Å². The maximum absolute atomic E-state index is 12.8. The Morgan fingerprint density at radius 1 is 1.15 bits per heavy atom. The molecule has 2 heterocycles. The number of benzene rings is 1. The van der Waals surface area contributed by atoms with Gasteiger partial charge in [0.2, 0.25) is 15.9 Å². The first kappa shape index (κ1) is 19.7. The minimum absolute atomic E-state index is 0.273. The molecule has 1 aromatic heterocycles. The van der Waals surface area contributed by atoms with Crippen LogP contribution < -0.4 is 5.32 Å². The second-order valence-electron chi connectivity index (χ2n) is 6.49. The summed E-state index contributed by atoms with van der Waals surface area (Å²) in [6.45, 7) is 3.09. The molecule has 1 fully saturated rings. The predicted molar refractivity (Wildman–Crippen MR) is 108 cm³/mol. The lowest BCUT2D eigenvalue weighted by molar-refractivity contribution is -0.111. The van der Waals surface area contributed by atoms with Crippen LogP contribution in [-0.4, -0.2) is 36.7 Å². The second-order valence-corrected chi connectivity index (χ2v) is 9.66. The first-order valence-corrected chi connectivity index (χ1v) is 11.2. The van der Waals surface area contributed by atoms with Gasteiger partial charge in [-0.2, -0.15) is 4.31 Å². The molecule has 0 aliphatic carbocycles. The van der Waals surface area contributed by atoms with E-state index in [0.717, 1.165) is 36.1 Å². The Bertz CT molecular complexity index is 910. The second kappa shape index (κ2) is 8.77. The zero-order valence-corrected chi connectivity index (χ0v) is 16.9. The van der Waals surface area contributed by atoms with Gasteiger partial charge in [0.05, 0.1) is 4.90 Å². The number of carbonyl (C=O) groups excluding carboxylic acids is 1. The Labute approximate surface area is 164 Å². The van der Waals surface area contributed by atoms with Gasteiger partial charge in [-0.3, -0.25) is 10.1 Å². The Balaban J connectivity index is 1.64. The molecule has 3 rings (SSSR count). The zero-order valence-electron chi connectivity index (χ0n) is 15.2. The number of hydrogen-bond donors (Lipinski definition) is 1. The van der Waals surface area contributed by atoms with E-state index in [1.807, 2.05) is 6.92 Å². The molecule has 0 radical (unpaired) electrons. The van der Waals surface area contributed by atoms with E-state index < -0.39 is 10.0 Å². The Morgan fingerprint density at radius 2 is 1.81 bits per heavy atom. The van der Waals surface area contributed by atoms with Gasteiger partial charge < -0.3 is 0 Å². The highest BCUT2D eigenvalue weighted by atomic mass is 32.2. The van der Waals surface area contributed by atoms with E-state index in [9.17, 15) is 13.2 Å². The summed E-state index contributed by atoms with van der Waals surface area (Å²) in [5, 5.41) is 3.25. The van der Waals surface area contributed by atoms with Crippen molar-refractivity contribution >= 4 is 38.5 Å². The summed E-state index contributed by atoms with van der Waals surface area (Å²) in [6.07, 6.45) is 8.75. The summed E-state index contributed by atoms with van der Waals surface area (Å²) in [5.74, 6) is -0.273. The van der Waals surface area contributed by atoms with Gasteiger partial charge in [0, 0.05) is 30.2 Å². The molecule has 6 nitrogen and oxygen atoms in total. The topological polar surface area (TPSA) is 79.4 Å². The smallest absolute Gasteiger partial charge is 0.250 e. The van der Waals surface area contributed by atoms with Crippen LogP contribution in [0.15, 0.2) is 41.4 Å². The van der Waals surface area contributed by atoms with Gasteiger partial charge in [0.15, 0.2) is 5.13 Å². The van der Waals surface area contributed by atoms with Crippen LogP contribution in [0.4, 0.5) is 5.13 Å². The Hall–Kier alpha value is -2.03. The number of nitrogens with zero attached hydrogens (tertiary/aromatic N) is 2. The zero-order chi connectivity index (χ0) is 19.3. The van der Waals surface area contributed by atoms with Gasteiger partial charge >= 0.3 is 0 Å². The van der Waals surface area contributed by atoms with E-state index in [2.05, 4.69) is 10.3 Å². The van der Waals surface area contributed by atoms with Crippen LogP contribution in [0.3, 0.4) is 0 Å². The largest absolute Gasteiger partial charge is 0.298 e. The summed E-state index contributed by atoms with van der Waals surface area (Å²) >= 11 is 1.41. The summed E-state index contributed by atoms with van der Waals surface area (Å²) in [6, 6.07) is 6.62. The van der Waals surface area contributed by atoms with Crippen LogP contribution in [0.2, 0.25) is 0 Å². The molecule has 1 aliphatic rings. The van der Waals surface area contributed by atoms with Gasteiger partial charge in [-0.1, -0.05) is 25.0 Å². The number of aryl methyl sites for hydroxylation is 1. The van der Waals surface area contributed by atoms with Gasteiger partial charge in [-0.25, -0.2) is 13.4 Å². The normalized spacial score (nSPS) is 16.3. The molecule has 1 saturated heterocycles. The standard InChI is InChI=1S/C19H23N3O3S2/c1-15-14-20-19(26-15)21-18(23)11-8-16-6-9-17(10-7-16)27(24,25)22-12-4-2-3-5-13-22/h6-11,14H,2-5,12-13H2,1H3,(H,20,21,23). The fourth-order valence-electron chi connectivity index (χ4n) is 2.91. The lowest BCUT2D eigenvalue weighted by Crippen LogP contribution is -2.31. The summed E-state index contributed by atoms with van der Waals surface area (Å²) in [5.41, 5.74) is 0.760. The van der Waals surface area contributed by atoms with Crippen molar-refractivity contribution in [2.45, 2.75) is 37.5 Å². The fraction of sp³-hybridized carbons (Fsp3) is 0.368. The van der Waals surface area contributed by atoms with Gasteiger partial charge in [0.25, 0.3) is 0 Å². The first-order chi connectivity index (χ1) is 12.9. The van der Waals surface area contributed by atoms with Crippen LogP contribution in [-0.2, 0) is 14.8 Å². The fourth-order valence-corrected chi connectivity index (χ4v) is 5.10. The summed E-state index contributed by atoms with van der Waals surface area (Å²) in [4.78, 5) is 17.3. The van der Waals surface area contributed by atoms with E-state index in [-0.39, 0.29) is 5.91 Å². The van der Waals surface area contributed by atoms with Crippen molar-refractivity contribution in [3.63, 3.8) is 0 Å². The third-order valence-corrected chi connectivity index (χ3v) is 7.10. The molecule has 0 bridgehead atoms. The number of thiazole rings is 1. The third-order valence-electron chi connectivity index (χ3n) is 4.36. The minimum Gasteiger partial charge on any atom is -0.298 e. The molecule has 2 aromatic rings. The molecular formula is C19H23N3O3S2. The highest BCUT2D eigenvalue weighted by Crippen LogP contribution is 2.21. The summed E-state index contributed by atoms with van der Waals surface area (Å²) < 4.78 is 27.1. The molecule has 1 amide bonds. The lowest BCUT2D eigenvalue weighted by atomic mass is 10.2. The SMILES string of the molecule is Cc1cnc(NC(=O)C=Cc2ccc(S(=O)(=O)N3CCCCCC3)cc2)s1. The number of rotatable bonds is 5.